The fraction of sp³-hybridized carbons (Fsp3) is 0.143. The second-order valence-corrected chi connectivity index (χ2v) is 4.01. The van der Waals surface area contributed by atoms with Crippen LogP contribution in [0.25, 0.3) is 0 Å². The first kappa shape index (κ1) is 12.1. The maximum absolute atomic E-state index is 11.1. The monoisotopic (exact) mass is 242 g/mol. The van der Waals surface area contributed by atoms with Crippen molar-refractivity contribution in [2.24, 2.45) is 0 Å². The molecular formula is C14H14N2O2. The van der Waals surface area contributed by atoms with Crippen molar-refractivity contribution >= 4 is 11.7 Å². The molecule has 0 saturated heterocycles. The Kier molecular flexibility index (Phi) is 3.57. The van der Waals surface area contributed by atoms with Crippen LogP contribution in [0.1, 0.15) is 21.5 Å². The average Bonchev–Trinajstić information content (AvgIpc) is 2.38. The first-order chi connectivity index (χ1) is 8.68. The van der Waals surface area contributed by atoms with Gasteiger partial charge >= 0.3 is 5.97 Å². The number of carboxylic acids is 1. The van der Waals surface area contributed by atoms with Gasteiger partial charge in [0.25, 0.3) is 0 Å². The first-order valence-corrected chi connectivity index (χ1v) is 5.64. The van der Waals surface area contributed by atoms with Crippen molar-refractivity contribution in [3.63, 3.8) is 0 Å². The molecule has 2 N–H and O–H groups in total. The van der Waals surface area contributed by atoms with E-state index in [1.807, 2.05) is 25.1 Å². The Hall–Kier alpha value is -2.36. The van der Waals surface area contributed by atoms with Gasteiger partial charge in [0.15, 0.2) is 0 Å². The number of aromatic carboxylic acids is 1. The van der Waals surface area contributed by atoms with E-state index in [0.29, 0.717) is 17.8 Å². The number of hydrogen-bond donors (Lipinski definition) is 2. The highest BCUT2D eigenvalue weighted by Crippen LogP contribution is 2.21. The normalized spacial score (nSPS) is 10.1. The highest BCUT2D eigenvalue weighted by Gasteiger charge is 2.11. The highest BCUT2D eigenvalue weighted by atomic mass is 16.4. The van der Waals surface area contributed by atoms with Gasteiger partial charge in [-0.25, -0.2) is 4.79 Å². The van der Waals surface area contributed by atoms with Gasteiger partial charge in [-0.05, 0) is 36.2 Å². The molecule has 0 amide bonds. The molecule has 18 heavy (non-hydrogen) atoms. The van der Waals surface area contributed by atoms with Gasteiger partial charge in [0.05, 0.1) is 11.3 Å². The van der Waals surface area contributed by atoms with Crippen LogP contribution in [0.5, 0.6) is 0 Å². The number of nitrogens with zero attached hydrogens (tertiary/aromatic N) is 1. The Balaban J connectivity index is 2.21. The molecule has 0 bridgehead atoms. The fourth-order valence-electron chi connectivity index (χ4n) is 1.77. The Morgan fingerprint density at radius 3 is 2.67 bits per heavy atom. The van der Waals surface area contributed by atoms with Gasteiger partial charge in [0.2, 0.25) is 0 Å². The third-order valence-corrected chi connectivity index (χ3v) is 2.72. The van der Waals surface area contributed by atoms with Crippen LogP contribution in [0, 0.1) is 6.92 Å². The number of rotatable bonds is 4. The molecule has 1 aromatic heterocycles. The van der Waals surface area contributed by atoms with E-state index in [2.05, 4.69) is 10.3 Å². The summed E-state index contributed by atoms with van der Waals surface area (Å²) in [5.74, 6) is -0.920. The van der Waals surface area contributed by atoms with E-state index in [-0.39, 0.29) is 0 Å². The molecule has 4 heteroatoms. The van der Waals surface area contributed by atoms with Gasteiger partial charge < -0.3 is 10.4 Å². The number of aromatic nitrogens is 1. The van der Waals surface area contributed by atoms with E-state index in [9.17, 15) is 4.79 Å². The molecule has 0 fully saturated rings. The van der Waals surface area contributed by atoms with Crippen LogP contribution < -0.4 is 5.32 Å². The lowest BCUT2D eigenvalue weighted by atomic mass is 10.1. The number of carbonyl (C=O) groups is 1. The van der Waals surface area contributed by atoms with Crippen molar-refractivity contribution in [1.29, 1.82) is 0 Å². The van der Waals surface area contributed by atoms with Crippen LogP contribution in [0.4, 0.5) is 5.69 Å². The summed E-state index contributed by atoms with van der Waals surface area (Å²) in [6.45, 7) is 2.47. The van der Waals surface area contributed by atoms with Gasteiger partial charge in [-0.15, -0.1) is 0 Å². The molecule has 0 aliphatic carbocycles. The summed E-state index contributed by atoms with van der Waals surface area (Å²) in [5, 5.41) is 12.3. The number of aryl methyl sites for hydroxylation is 1. The summed E-state index contributed by atoms with van der Waals surface area (Å²) in [7, 11) is 0. The minimum Gasteiger partial charge on any atom is -0.478 e. The predicted octanol–water partition coefficient (Wildman–Crippen LogP) is 2.70. The SMILES string of the molecule is Cc1cccc(C(=O)O)c1NCc1ccncc1. The molecule has 1 heterocycles. The second-order valence-electron chi connectivity index (χ2n) is 4.01. The number of para-hydroxylation sites is 1. The first-order valence-electron chi connectivity index (χ1n) is 5.64. The Labute approximate surface area is 105 Å². The van der Waals surface area contributed by atoms with Crippen LogP contribution in [-0.4, -0.2) is 16.1 Å². The molecule has 0 atom stereocenters. The van der Waals surface area contributed by atoms with Crippen molar-refractivity contribution in [2.45, 2.75) is 13.5 Å². The largest absolute Gasteiger partial charge is 0.478 e. The number of nitrogens with one attached hydrogen (secondary N) is 1. The maximum Gasteiger partial charge on any atom is 0.337 e. The van der Waals surface area contributed by atoms with Crippen LogP contribution in [0.15, 0.2) is 42.7 Å². The lowest BCUT2D eigenvalue weighted by Crippen LogP contribution is -2.08. The van der Waals surface area contributed by atoms with E-state index in [4.69, 9.17) is 5.11 Å². The number of anilines is 1. The van der Waals surface area contributed by atoms with Gasteiger partial charge in [0.1, 0.15) is 0 Å². The number of pyridine rings is 1. The zero-order chi connectivity index (χ0) is 13.0. The molecule has 2 aromatic rings. The Morgan fingerprint density at radius 2 is 2.00 bits per heavy atom. The molecule has 0 aliphatic rings. The summed E-state index contributed by atoms with van der Waals surface area (Å²) in [4.78, 5) is 15.1. The van der Waals surface area contributed by atoms with Gasteiger partial charge in [-0.3, -0.25) is 4.98 Å². The lowest BCUT2D eigenvalue weighted by molar-refractivity contribution is 0.0698. The van der Waals surface area contributed by atoms with Gasteiger partial charge in [-0.1, -0.05) is 12.1 Å². The van der Waals surface area contributed by atoms with Crippen LogP contribution in [0.3, 0.4) is 0 Å². The predicted molar refractivity (Wildman–Crippen MR) is 69.7 cm³/mol. The third kappa shape index (κ3) is 2.66. The van der Waals surface area contributed by atoms with E-state index >= 15 is 0 Å². The minimum atomic E-state index is -0.920. The Morgan fingerprint density at radius 1 is 1.28 bits per heavy atom. The summed E-state index contributed by atoms with van der Waals surface area (Å²) in [6.07, 6.45) is 3.43. The third-order valence-electron chi connectivity index (χ3n) is 2.72. The summed E-state index contributed by atoms with van der Waals surface area (Å²) in [6, 6.07) is 9.03. The minimum absolute atomic E-state index is 0.295. The molecule has 4 nitrogen and oxygen atoms in total. The quantitative estimate of drug-likeness (QED) is 0.865. The van der Waals surface area contributed by atoms with Crippen molar-refractivity contribution in [3.8, 4) is 0 Å². The summed E-state index contributed by atoms with van der Waals surface area (Å²) < 4.78 is 0. The molecule has 0 unspecified atom stereocenters. The van der Waals surface area contributed by atoms with Crippen molar-refractivity contribution in [1.82, 2.24) is 4.98 Å². The average molecular weight is 242 g/mol. The van der Waals surface area contributed by atoms with Gasteiger partial charge in [0, 0.05) is 18.9 Å². The topological polar surface area (TPSA) is 62.2 Å². The molecule has 0 spiro atoms. The van der Waals surface area contributed by atoms with Crippen LogP contribution in [-0.2, 0) is 6.54 Å². The fourth-order valence-corrected chi connectivity index (χ4v) is 1.77. The van der Waals surface area contributed by atoms with E-state index < -0.39 is 5.97 Å². The van der Waals surface area contributed by atoms with Crippen molar-refractivity contribution in [3.05, 3.63) is 59.4 Å². The van der Waals surface area contributed by atoms with Crippen molar-refractivity contribution < 1.29 is 9.90 Å². The summed E-state index contributed by atoms with van der Waals surface area (Å²) in [5.41, 5.74) is 2.94. The number of benzene rings is 1. The summed E-state index contributed by atoms with van der Waals surface area (Å²) >= 11 is 0. The number of carboxylic acid groups (broad SMARTS) is 1. The van der Waals surface area contributed by atoms with Crippen LogP contribution in [0.2, 0.25) is 0 Å². The zero-order valence-corrected chi connectivity index (χ0v) is 10.1. The molecule has 0 saturated carbocycles. The van der Waals surface area contributed by atoms with E-state index in [1.54, 1.807) is 24.5 Å². The molecule has 1 aromatic carbocycles. The standard InChI is InChI=1S/C14H14N2O2/c1-10-3-2-4-12(14(17)18)13(10)16-9-11-5-7-15-8-6-11/h2-8,16H,9H2,1H3,(H,17,18). The molecule has 0 aliphatic heterocycles. The number of hydrogen-bond acceptors (Lipinski definition) is 3. The van der Waals surface area contributed by atoms with Gasteiger partial charge in [-0.2, -0.15) is 0 Å². The van der Waals surface area contributed by atoms with Crippen LogP contribution >= 0.6 is 0 Å². The van der Waals surface area contributed by atoms with E-state index in [0.717, 1.165) is 11.1 Å². The maximum atomic E-state index is 11.1. The lowest BCUT2D eigenvalue weighted by Gasteiger charge is -2.12. The Bertz CT molecular complexity index is 553. The zero-order valence-electron chi connectivity index (χ0n) is 10.1. The highest BCUT2D eigenvalue weighted by molar-refractivity contribution is 5.95. The smallest absolute Gasteiger partial charge is 0.337 e. The molecule has 92 valence electrons. The molecular weight excluding hydrogens is 228 g/mol. The van der Waals surface area contributed by atoms with Crippen molar-refractivity contribution in [2.75, 3.05) is 5.32 Å². The second kappa shape index (κ2) is 5.31. The molecule has 2 rings (SSSR count). The molecule has 0 radical (unpaired) electrons. The van der Waals surface area contributed by atoms with E-state index in [1.165, 1.54) is 0 Å².